The Labute approximate surface area is 369 Å². The average Bonchev–Trinajstić information content (AvgIpc) is 3.93. The van der Waals surface area contributed by atoms with Gasteiger partial charge in [0.1, 0.15) is 11.2 Å². The Hall–Kier alpha value is -7.16. The lowest BCUT2D eigenvalue weighted by Crippen LogP contribution is -2.18. The van der Waals surface area contributed by atoms with Crippen LogP contribution in [0.4, 0.5) is 17.1 Å². The lowest BCUT2D eigenvalue weighted by Gasteiger charge is -2.29. The Morgan fingerprint density at radius 1 is 0.349 bits per heavy atom. The maximum absolute atomic E-state index is 7.21. The van der Waals surface area contributed by atoms with E-state index in [1.807, 2.05) is 0 Å². The van der Waals surface area contributed by atoms with Crippen molar-refractivity contribution in [1.29, 1.82) is 0 Å². The summed E-state index contributed by atoms with van der Waals surface area (Å²) in [5.74, 6) is 0. The van der Waals surface area contributed by atoms with Gasteiger partial charge in [-0.3, -0.25) is 0 Å². The molecule has 3 aliphatic carbocycles. The second kappa shape index (κ2) is 12.5. The van der Waals surface area contributed by atoms with Crippen LogP contribution >= 0.6 is 0 Å². The summed E-state index contributed by atoms with van der Waals surface area (Å²) in [4.78, 5) is 2.45. The summed E-state index contributed by atoms with van der Waals surface area (Å²) in [5, 5.41) is 4.65. The molecule has 0 spiro atoms. The van der Waals surface area contributed by atoms with E-state index >= 15 is 0 Å². The number of fused-ring (bicyclic) bond motifs is 13. The highest BCUT2D eigenvalue weighted by molar-refractivity contribution is 6.19. The zero-order valence-electron chi connectivity index (χ0n) is 36.6. The molecule has 302 valence electrons. The van der Waals surface area contributed by atoms with E-state index in [1.54, 1.807) is 0 Å². The number of anilines is 3. The summed E-state index contributed by atoms with van der Waals surface area (Å²) in [7, 11) is 0. The molecule has 1 aromatic heterocycles. The van der Waals surface area contributed by atoms with Gasteiger partial charge in [-0.2, -0.15) is 0 Å². The molecule has 0 fully saturated rings. The van der Waals surface area contributed by atoms with Crippen molar-refractivity contribution in [1.82, 2.24) is 0 Å². The predicted molar refractivity (Wildman–Crippen MR) is 264 cm³/mol. The van der Waals surface area contributed by atoms with Crippen molar-refractivity contribution < 1.29 is 4.42 Å². The molecule has 0 amide bonds. The molecule has 0 saturated heterocycles. The van der Waals surface area contributed by atoms with Crippen molar-refractivity contribution in [3.63, 3.8) is 0 Å². The largest absolute Gasteiger partial charge is 0.455 e. The maximum atomic E-state index is 7.21. The van der Waals surface area contributed by atoms with Gasteiger partial charge in [-0.1, -0.05) is 163 Å². The van der Waals surface area contributed by atoms with E-state index in [-0.39, 0.29) is 16.2 Å². The van der Waals surface area contributed by atoms with E-state index in [9.17, 15) is 0 Å². The molecular weight excluding hydrogens is 763 g/mol. The molecular formula is C61H47NO. The van der Waals surface area contributed by atoms with Crippen LogP contribution in [0.2, 0.25) is 0 Å². The molecule has 0 saturated carbocycles. The van der Waals surface area contributed by atoms with Gasteiger partial charge >= 0.3 is 0 Å². The van der Waals surface area contributed by atoms with Gasteiger partial charge in [0.15, 0.2) is 0 Å². The van der Waals surface area contributed by atoms with Crippen molar-refractivity contribution in [2.75, 3.05) is 4.90 Å². The third kappa shape index (κ3) is 4.90. The van der Waals surface area contributed by atoms with Crippen molar-refractivity contribution in [2.45, 2.75) is 57.8 Å². The fourth-order valence-corrected chi connectivity index (χ4v) is 12.0. The van der Waals surface area contributed by atoms with E-state index in [0.29, 0.717) is 0 Å². The minimum absolute atomic E-state index is 0.108. The Balaban J connectivity index is 1.02. The lowest BCUT2D eigenvalue weighted by atomic mass is 9.81. The maximum Gasteiger partial charge on any atom is 0.143 e. The van der Waals surface area contributed by atoms with Gasteiger partial charge in [-0.05, 0) is 132 Å². The van der Waals surface area contributed by atoms with Crippen LogP contribution in [0.25, 0.3) is 77.2 Å². The van der Waals surface area contributed by atoms with E-state index in [1.165, 1.54) is 83.1 Å². The summed E-state index contributed by atoms with van der Waals surface area (Å²) < 4.78 is 7.21. The van der Waals surface area contributed by atoms with Gasteiger partial charge in [0, 0.05) is 55.7 Å². The fourth-order valence-electron chi connectivity index (χ4n) is 12.0. The monoisotopic (exact) mass is 809 g/mol. The van der Waals surface area contributed by atoms with Crippen molar-refractivity contribution >= 4 is 49.8 Å². The second-order valence-electron chi connectivity index (χ2n) is 19.7. The number of nitrogens with zero attached hydrogens (tertiary/aromatic N) is 1. The summed E-state index contributed by atoms with van der Waals surface area (Å²) >= 11 is 0. The van der Waals surface area contributed by atoms with Crippen LogP contribution in [0.15, 0.2) is 180 Å². The van der Waals surface area contributed by atoms with Crippen LogP contribution in [0.3, 0.4) is 0 Å². The van der Waals surface area contributed by atoms with Gasteiger partial charge in [-0.25, -0.2) is 0 Å². The highest BCUT2D eigenvalue weighted by Crippen LogP contribution is 2.55. The molecule has 13 rings (SSSR count). The van der Waals surface area contributed by atoms with Crippen molar-refractivity contribution in [3.8, 4) is 44.5 Å². The minimum atomic E-state index is -0.133. The molecule has 0 atom stereocenters. The first-order chi connectivity index (χ1) is 30.5. The van der Waals surface area contributed by atoms with Gasteiger partial charge in [-0.15, -0.1) is 0 Å². The van der Waals surface area contributed by atoms with Crippen LogP contribution in [-0.4, -0.2) is 0 Å². The number of rotatable bonds is 4. The zero-order valence-corrected chi connectivity index (χ0v) is 36.6. The van der Waals surface area contributed by atoms with Gasteiger partial charge in [0.2, 0.25) is 0 Å². The van der Waals surface area contributed by atoms with E-state index in [2.05, 4.69) is 222 Å². The Morgan fingerprint density at radius 2 is 0.794 bits per heavy atom. The fraction of sp³-hybridized carbons (Fsp3) is 0.148. The highest BCUT2D eigenvalue weighted by atomic mass is 16.3. The quantitative estimate of drug-likeness (QED) is 0.176. The highest BCUT2D eigenvalue weighted by Gasteiger charge is 2.39. The third-order valence-electron chi connectivity index (χ3n) is 15.2. The first-order valence-electron chi connectivity index (χ1n) is 22.4. The number of furan rings is 1. The zero-order chi connectivity index (χ0) is 42.6. The predicted octanol–water partition coefficient (Wildman–Crippen LogP) is 16.8. The smallest absolute Gasteiger partial charge is 0.143 e. The van der Waals surface area contributed by atoms with E-state index < -0.39 is 0 Å². The summed E-state index contributed by atoms with van der Waals surface area (Å²) in [6.45, 7) is 14.2. The van der Waals surface area contributed by atoms with Crippen molar-refractivity contribution in [2.24, 2.45) is 0 Å². The summed E-state index contributed by atoms with van der Waals surface area (Å²) in [6.07, 6.45) is 0. The third-order valence-corrected chi connectivity index (χ3v) is 15.2. The molecule has 63 heavy (non-hydrogen) atoms. The molecule has 0 radical (unpaired) electrons. The normalized spacial score (nSPS) is 15.5. The van der Waals surface area contributed by atoms with Gasteiger partial charge < -0.3 is 9.32 Å². The molecule has 0 bridgehead atoms. The second-order valence-corrected chi connectivity index (χ2v) is 19.7. The number of hydrogen-bond donors (Lipinski definition) is 0. The van der Waals surface area contributed by atoms with Crippen LogP contribution in [0.1, 0.15) is 74.9 Å². The molecule has 3 aliphatic rings. The molecule has 0 aliphatic heterocycles. The SMILES string of the molecule is CC1(C)c2ccccc2-c2ccc(-c3c4ccccc4cc4c3oc3cc(N(c5ccc6c(c5)C(C)(C)c5ccccc5-6)c5ccc6c(c5)C(C)(C)c5ccccc5-6)ccc34)cc21. The topological polar surface area (TPSA) is 16.4 Å². The standard InChI is InChI=1S/C61H47NO/c1-59(2)50-20-12-9-17-42(50)45-27-23-37(32-53(45)59)57-41-16-8-7-15-36(41)31-49-48-30-26-40(35-56(48)63-58(49)57)62(38-24-28-46-43-18-10-13-21-51(43)60(3,4)54(46)33-38)39-25-29-47-44-19-11-14-22-52(44)61(5,6)55(47)34-39/h7-35H,1-6H3. The van der Waals surface area contributed by atoms with Crippen molar-refractivity contribution in [3.05, 3.63) is 209 Å². The molecule has 1 heterocycles. The summed E-state index contributed by atoms with van der Waals surface area (Å²) in [6, 6.07) is 65.9. The Morgan fingerprint density at radius 3 is 1.37 bits per heavy atom. The Bertz CT molecular complexity index is 3510. The van der Waals surface area contributed by atoms with E-state index in [0.717, 1.165) is 44.6 Å². The number of hydrogen-bond acceptors (Lipinski definition) is 2. The van der Waals surface area contributed by atoms with Gasteiger partial charge in [0.05, 0.1) is 0 Å². The Kier molecular flexibility index (Phi) is 7.23. The molecule has 2 nitrogen and oxygen atoms in total. The molecule has 9 aromatic carbocycles. The van der Waals surface area contributed by atoms with Crippen LogP contribution < -0.4 is 4.90 Å². The molecule has 10 aromatic rings. The van der Waals surface area contributed by atoms with Crippen LogP contribution in [0, 0.1) is 0 Å². The molecule has 0 unspecified atom stereocenters. The molecule has 2 heteroatoms. The van der Waals surface area contributed by atoms with Gasteiger partial charge in [0.25, 0.3) is 0 Å². The minimum Gasteiger partial charge on any atom is -0.455 e. The van der Waals surface area contributed by atoms with E-state index in [4.69, 9.17) is 4.42 Å². The average molecular weight is 810 g/mol. The first kappa shape index (κ1) is 36.5. The first-order valence-corrected chi connectivity index (χ1v) is 22.4. The number of benzene rings is 9. The molecule has 0 N–H and O–H groups in total. The summed E-state index contributed by atoms with van der Waals surface area (Å²) in [5.41, 5.74) is 23.2. The lowest BCUT2D eigenvalue weighted by molar-refractivity contribution is 0.660. The van der Waals surface area contributed by atoms with Crippen LogP contribution in [-0.2, 0) is 16.2 Å². The van der Waals surface area contributed by atoms with Crippen LogP contribution in [0.5, 0.6) is 0 Å².